The standard InChI is InChI=1S/C18H30N2/c1-14(2)13-16-5-7-17(8-6-16)18(15(3)4)20-11-9-19-10-12-20/h5-8,14-15,18-19H,9-13H2,1-4H3. The summed E-state index contributed by atoms with van der Waals surface area (Å²) in [5, 5.41) is 3.45. The highest BCUT2D eigenvalue weighted by molar-refractivity contribution is 5.26. The van der Waals surface area contributed by atoms with Crippen LogP contribution < -0.4 is 5.32 Å². The largest absolute Gasteiger partial charge is 0.314 e. The van der Waals surface area contributed by atoms with Gasteiger partial charge in [0.05, 0.1) is 0 Å². The predicted octanol–water partition coefficient (Wildman–Crippen LogP) is 3.49. The molecule has 1 aliphatic rings. The molecule has 0 aromatic heterocycles. The fourth-order valence-electron chi connectivity index (χ4n) is 3.30. The average Bonchev–Trinajstić information content (AvgIpc) is 2.41. The van der Waals surface area contributed by atoms with Crippen molar-refractivity contribution in [1.29, 1.82) is 0 Å². The van der Waals surface area contributed by atoms with Crippen molar-refractivity contribution in [2.45, 2.75) is 40.2 Å². The summed E-state index contributed by atoms with van der Waals surface area (Å²) in [5.74, 6) is 1.39. The van der Waals surface area contributed by atoms with Crippen molar-refractivity contribution in [1.82, 2.24) is 10.2 Å². The summed E-state index contributed by atoms with van der Waals surface area (Å²) in [4.78, 5) is 2.64. The zero-order valence-electron chi connectivity index (χ0n) is 13.5. The molecule has 1 atom stereocenters. The van der Waals surface area contributed by atoms with E-state index in [1.807, 2.05) is 0 Å². The summed E-state index contributed by atoms with van der Waals surface area (Å²) in [6.07, 6.45) is 1.18. The third-order valence-electron chi connectivity index (χ3n) is 4.14. The lowest BCUT2D eigenvalue weighted by atomic mass is 9.92. The van der Waals surface area contributed by atoms with Crippen LogP contribution >= 0.6 is 0 Å². The molecule has 20 heavy (non-hydrogen) atoms. The van der Waals surface area contributed by atoms with Crippen LogP contribution in [0.25, 0.3) is 0 Å². The second-order valence-corrected chi connectivity index (χ2v) is 6.81. The molecular weight excluding hydrogens is 244 g/mol. The third kappa shape index (κ3) is 4.07. The van der Waals surface area contributed by atoms with E-state index in [1.165, 1.54) is 17.5 Å². The Kier molecular flexibility index (Phi) is 5.62. The number of rotatable bonds is 5. The minimum atomic E-state index is 0.560. The van der Waals surface area contributed by atoms with Crippen LogP contribution in [0.2, 0.25) is 0 Å². The highest BCUT2D eigenvalue weighted by Crippen LogP contribution is 2.29. The summed E-state index contributed by atoms with van der Waals surface area (Å²) < 4.78 is 0. The molecule has 1 N–H and O–H groups in total. The Labute approximate surface area is 124 Å². The van der Waals surface area contributed by atoms with Gasteiger partial charge < -0.3 is 5.32 Å². The first-order chi connectivity index (χ1) is 9.58. The first-order valence-corrected chi connectivity index (χ1v) is 8.11. The first kappa shape index (κ1) is 15.5. The SMILES string of the molecule is CC(C)Cc1ccc(C(C(C)C)N2CCNCC2)cc1. The summed E-state index contributed by atoms with van der Waals surface area (Å²) in [6, 6.07) is 9.92. The fourth-order valence-corrected chi connectivity index (χ4v) is 3.30. The molecule has 0 radical (unpaired) electrons. The quantitative estimate of drug-likeness (QED) is 0.884. The molecule has 2 rings (SSSR count). The number of hydrogen-bond acceptors (Lipinski definition) is 2. The minimum Gasteiger partial charge on any atom is -0.314 e. The van der Waals surface area contributed by atoms with E-state index in [1.54, 1.807) is 0 Å². The van der Waals surface area contributed by atoms with Crippen molar-refractivity contribution < 1.29 is 0 Å². The zero-order chi connectivity index (χ0) is 14.5. The monoisotopic (exact) mass is 274 g/mol. The molecular formula is C18H30N2. The van der Waals surface area contributed by atoms with Gasteiger partial charge in [-0.05, 0) is 29.4 Å². The lowest BCUT2D eigenvalue weighted by Crippen LogP contribution is -2.46. The van der Waals surface area contributed by atoms with Gasteiger partial charge in [0.15, 0.2) is 0 Å². The average molecular weight is 274 g/mol. The molecule has 2 nitrogen and oxygen atoms in total. The van der Waals surface area contributed by atoms with Crippen LogP contribution in [0.5, 0.6) is 0 Å². The van der Waals surface area contributed by atoms with E-state index >= 15 is 0 Å². The van der Waals surface area contributed by atoms with E-state index in [4.69, 9.17) is 0 Å². The fraction of sp³-hybridized carbons (Fsp3) is 0.667. The molecule has 0 saturated carbocycles. The summed E-state index contributed by atoms with van der Waals surface area (Å²) in [5.41, 5.74) is 2.95. The zero-order valence-corrected chi connectivity index (χ0v) is 13.5. The minimum absolute atomic E-state index is 0.560. The molecule has 0 aliphatic carbocycles. The van der Waals surface area contributed by atoms with E-state index in [2.05, 4.69) is 62.2 Å². The van der Waals surface area contributed by atoms with Crippen LogP contribution in [0.3, 0.4) is 0 Å². The van der Waals surface area contributed by atoms with E-state index in [0.29, 0.717) is 12.0 Å². The van der Waals surface area contributed by atoms with Gasteiger partial charge in [0.2, 0.25) is 0 Å². The van der Waals surface area contributed by atoms with Crippen LogP contribution in [0.15, 0.2) is 24.3 Å². The van der Waals surface area contributed by atoms with Crippen molar-refractivity contribution in [3.63, 3.8) is 0 Å². The van der Waals surface area contributed by atoms with Gasteiger partial charge in [-0.25, -0.2) is 0 Å². The molecule has 0 bridgehead atoms. The topological polar surface area (TPSA) is 15.3 Å². The lowest BCUT2D eigenvalue weighted by molar-refractivity contribution is 0.137. The van der Waals surface area contributed by atoms with Gasteiger partial charge in [-0.15, -0.1) is 0 Å². The van der Waals surface area contributed by atoms with E-state index in [0.717, 1.165) is 32.1 Å². The molecule has 0 amide bonds. The highest BCUT2D eigenvalue weighted by atomic mass is 15.2. The van der Waals surface area contributed by atoms with Gasteiger partial charge in [-0.3, -0.25) is 4.90 Å². The summed E-state index contributed by atoms with van der Waals surface area (Å²) in [7, 11) is 0. The maximum Gasteiger partial charge on any atom is 0.0372 e. The summed E-state index contributed by atoms with van der Waals surface area (Å²) >= 11 is 0. The van der Waals surface area contributed by atoms with Crippen LogP contribution in [0, 0.1) is 11.8 Å². The Morgan fingerprint density at radius 3 is 2.10 bits per heavy atom. The maximum atomic E-state index is 3.45. The van der Waals surface area contributed by atoms with E-state index in [9.17, 15) is 0 Å². The van der Waals surface area contributed by atoms with Crippen molar-refractivity contribution in [2.24, 2.45) is 11.8 Å². The number of nitrogens with one attached hydrogen (secondary N) is 1. The molecule has 1 fully saturated rings. The lowest BCUT2D eigenvalue weighted by Gasteiger charge is -2.37. The Hall–Kier alpha value is -0.860. The third-order valence-corrected chi connectivity index (χ3v) is 4.14. The molecule has 1 aromatic rings. The van der Waals surface area contributed by atoms with Crippen LogP contribution in [-0.4, -0.2) is 31.1 Å². The van der Waals surface area contributed by atoms with Gasteiger partial charge in [0.1, 0.15) is 0 Å². The normalized spacial score (nSPS) is 18.7. The molecule has 2 heteroatoms. The van der Waals surface area contributed by atoms with Crippen LogP contribution in [0.4, 0.5) is 0 Å². The van der Waals surface area contributed by atoms with Crippen molar-refractivity contribution >= 4 is 0 Å². The van der Waals surface area contributed by atoms with Crippen molar-refractivity contribution in [3.8, 4) is 0 Å². The molecule has 1 heterocycles. The number of piperazine rings is 1. The second-order valence-electron chi connectivity index (χ2n) is 6.81. The molecule has 112 valence electrons. The summed E-state index contributed by atoms with van der Waals surface area (Å²) in [6.45, 7) is 13.8. The number of hydrogen-bond donors (Lipinski definition) is 1. The Balaban J connectivity index is 2.12. The number of nitrogens with zero attached hydrogens (tertiary/aromatic N) is 1. The molecule has 1 unspecified atom stereocenters. The van der Waals surface area contributed by atoms with Crippen LogP contribution in [-0.2, 0) is 6.42 Å². The smallest absolute Gasteiger partial charge is 0.0372 e. The van der Waals surface area contributed by atoms with Gasteiger partial charge in [0, 0.05) is 32.2 Å². The van der Waals surface area contributed by atoms with Crippen molar-refractivity contribution in [2.75, 3.05) is 26.2 Å². The highest BCUT2D eigenvalue weighted by Gasteiger charge is 2.24. The van der Waals surface area contributed by atoms with Gasteiger partial charge >= 0.3 is 0 Å². The second kappa shape index (κ2) is 7.24. The predicted molar refractivity (Wildman–Crippen MR) is 87.0 cm³/mol. The van der Waals surface area contributed by atoms with Gasteiger partial charge in [-0.2, -0.15) is 0 Å². The first-order valence-electron chi connectivity index (χ1n) is 8.11. The molecule has 1 aromatic carbocycles. The Morgan fingerprint density at radius 1 is 1.00 bits per heavy atom. The van der Waals surface area contributed by atoms with E-state index in [-0.39, 0.29) is 0 Å². The van der Waals surface area contributed by atoms with Crippen LogP contribution in [0.1, 0.15) is 44.9 Å². The number of benzene rings is 1. The van der Waals surface area contributed by atoms with Gasteiger partial charge in [0.25, 0.3) is 0 Å². The van der Waals surface area contributed by atoms with E-state index < -0.39 is 0 Å². The molecule has 0 spiro atoms. The van der Waals surface area contributed by atoms with Gasteiger partial charge in [-0.1, -0.05) is 52.0 Å². The molecule has 1 aliphatic heterocycles. The Bertz CT molecular complexity index is 388. The van der Waals surface area contributed by atoms with Crippen molar-refractivity contribution in [3.05, 3.63) is 35.4 Å². The Morgan fingerprint density at radius 2 is 1.60 bits per heavy atom. The molecule has 1 saturated heterocycles. The maximum absolute atomic E-state index is 3.45.